The molecule has 0 saturated carbocycles. The van der Waals surface area contributed by atoms with E-state index in [-0.39, 0.29) is 24.6 Å². The molecule has 1 heterocycles. The normalized spacial score (nSPS) is 18.5. The number of nitrogens with one attached hydrogen (secondary N) is 1. The first kappa shape index (κ1) is 18.8. The van der Waals surface area contributed by atoms with Crippen LogP contribution in [0.2, 0.25) is 0 Å². The van der Waals surface area contributed by atoms with Crippen LogP contribution in [0.4, 0.5) is 10.5 Å². The second-order valence-corrected chi connectivity index (χ2v) is 6.27. The van der Waals surface area contributed by atoms with Crippen LogP contribution >= 0.6 is 0 Å². The second kappa shape index (κ2) is 7.36. The van der Waals surface area contributed by atoms with E-state index in [1.165, 1.54) is 18.2 Å². The highest BCUT2D eigenvalue weighted by Gasteiger charge is 2.48. The van der Waals surface area contributed by atoms with Crippen molar-refractivity contribution >= 4 is 17.6 Å². The summed E-state index contributed by atoms with van der Waals surface area (Å²) in [7, 11) is 0. The number of para-hydroxylation sites is 2. The summed E-state index contributed by atoms with van der Waals surface area (Å²) < 4.78 is 5.41. The van der Waals surface area contributed by atoms with Gasteiger partial charge < -0.3 is 10.1 Å². The first-order chi connectivity index (χ1) is 13.4. The van der Waals surface area contributed by atoms with Crippen LogP contribution in [0.25, 0.3) is 0 Å². The van der Waals surface area contributed by atoms with Crippen molar-refractivity contribution in [3.05, 3.63) is 69.8 Å². The van der Waals surface area contributed by atoms with E-state index in [0.29, 0.717) is 11.1 Å². The number of urea groups is 1. The van der Waals surface area contributed by atoms with Crippen LogP contribution in [-0.2, 0) is 10.3 Å². The molecule has 1 aliphatic heterocycles. The molecule has 9 heteroatoms. The van der Waals surface area contributed by atoms with Gasteiger partial charge in [-0.1, -0.05) is 24.3 Å². The number of amides is 3. The van der Waals surface area contributed by atoms with Crippen molar-refractivity contribution in [1.29, 1.82) is 5.26 Å². The molecule has 1 saturated heterocycles. The number of nitro benzene ring substituents is 1. The zero-order valence-electron chi connectivity index (χ0n) is 14.9. The van der Waals surface area contributed by atoms with Crippen molar-refractivity contribution < 1.29 is 19.2 Å². The first-order valence-corrected chi connectivity index (χ1v) is 8.38. The van der Waals surface area contributed by atoms with Gasteiger partial charge in [0, 0.05) is 6.07 Å². The maximum atomic E-state index is 12.8. The minimum absolute atomic E-state index is 0.0643. The number of nitro groups is 1. The number of imide groups is 1. The molecule has 2 aromatic rings. The van der Waals surface area contributed by atoms with Gasteiger partial charge in [0.15, 0.2) is 5.75 Å². The molecule has 0 unspecified atom stereocenters. The first-order valence-electron chi connectivity index (χ1n) is 8.38. The van der Waals surface area contributed by atoms with Crippen molar-refractivity contribution in [2.24, 2.45) is 0 Å². The Morgan fingerprint density at radius 1 is 1.21 bits per heavy atom. The van der Waals surface area contributed by atoms with Crippen molar-refractivity contribution in [2.75, 3.05) is 13.2 Å². The number of hydrogen-bond donors (Lipinski definition) is 1. The molecule has 1 fully saturated rings. The van der Waals surface area contributed by atoms with E-state index in [0.717, 1.165) is 4.90 Å². The van der Waals surface area contributed by atoms with Gasteiger partial charge in [-0.05, 0) is 30.7 Å². The highest BCUT2D eigenvalue weighted by molar-refractivity contribution is 6.07. The van der Waals surface area contributed by atoms with E-state index in [2.05, 4.69) is 5.32 Å². The van der Waals surface area contributed by atoms with Gasteiger partial charge in [0.2, 0.25) is 0 Å². The van der Waals surface area contributed by atoms with Gasteiger partial charge in [0.05, 0.1) is 23.1 Å². The van der Waals surface area contributed by atoms with Crippen LogP contribution in [0.5, 0.6) is 5.75 Å². The number of carbonyl (C=O) groups excluding carboxylic acids is 2. The van der Waals surface area contributed by atoms with Crippen LogP contribution in [0.15, 0.2) is 48.5 Å². The summed E-state index contributed by atoms with van der Waals surface area (Å²) in [6, 6.07) is 13.7. The quantitative estimate of drug-likeness (QED) is 0.466. The topological polar surface area (TPSA) is 126 Å². The summed E-state index contributed by atoms with van der Waals surface area (Å²) in [5.41, 5.74) is -0.461. The fourth-order valence-electron chi connectivity index (χ4n) is 2.95. The molecule has 1 atom stereocenters. The molecule has 1 N–H and O–H groups in total. The zero-order chi connectivity index (χ0) is 20.3. The van der Waals surface area contributed by atoms with E-state index in [4.69, 9.17) is 10.00 Å². The maximum absolute atomic E-state index is 12.8. The summed E-state index contributed by atoms with van der Waals surface area (Å²) >= 11 is 0. The van der Waals surface area contributed by atoms with Gasteiger partial charge in [0.1, 0.15) is 12.1 Å². The third kappa shape index (κ3) is 3.35. The lowest BCUT2D eigenvalue weighted by Crippen LogP contribution is -2.41. The Kier molecular flexibility index (Phi) is 4.96. The van der Waals surface area contributed by atoms with Crippen molar-refractivity contribution in [1.82, 2.24) is 10.2 Å². The highest BCUT2D eigenvalue weighted by Crippen LogP contribution is 2.29. The maximum Gasteiger partial charge on any atom is 0.325 e. The number of hydrogen-bond acceptors (Lipinski definition) is 6. The van der Waals surface area contributed by atoms with Crippen LogP contribution in [0, 0.1) is 21.4 Å². The number of nitrogens with zero attached hydrogens (tertiary/aromatic N) is 3. The highest BCUT2D eigenvalue weighted by atomic mass is 16.6. The summed E-state index contributed by atoms with van der Waals surface area (Å²) in [4.78, 5) is 36.6. The van der Waals surface area contributed by atoms with Crippen molar-refractivity contribution in [2.45, 2.75) is 12.5 Å². The van der Waals surface area contributed by atoms with Crippen LogP contribution in [0.3, 0.4) is 0 Å². The van der Waals surface area contributed by atoms with E-state index >= 15 is 0 Å². The molecule has 3 rings (SSSR count). The number of nitriles is 1. The van der Waals surface area contributed by atoms with Gasteiger partial charge in [-0.3, -0.25) is 19.8 Å². The number of ether oxygens (including phenoxy) is 1. The van der Waals surface area contributed by atoms with Crippen LogP contribution in [0.1, 0.15) is 18.1 Å². The molecule has 0 spiro atoms. The Balaban J connectivity index is 1.70. The average Bonchev–Trinajstić information content (AvgIpc) is 2.92. The van der Waals surface area contributed by atoms with E-state index < -0.39 is 22.4 Å². The summed E-state index contributed by atoms with van der Waals surface area (Å²) in [6.07, 6.45) is 0. The van der Waals surface area contributed by atoms with Crippen molar-refractivity contribution in [3.63, 3.8) is 0 Å². The van der Waals surface area contributed by atoms with E-state index in [1.807, 2.05) is 6.07 Å². The largest absolute Gasteiger partial charge is 0.485 e. The van der Waals surface area contributed by atoms with Crippen LogP contribution in [-0.4, -0.2) is 34.9 Å². The third-order valence-corrected chi connectivity index (χ3v) is 4.50. The molecule has 1 aliphatic rings. The lowest BCUT2D eigenvalue weighted by atomic mass is 9.91. The molecule has 28 heavy (non-hydrogen) atoms. The molecular formula is C19H16N4O5. The summed E-state index contributed by atoms with van der Waals surface area (Å²) in [5, 5.41) is 22.6. The molecule has 9 nitrogen and oxygen atoms in total. The molecule has 142 valence electrons. The Hall–Kier alpha value is -3.93. The Morgan fingerprint density at radius 3 is 2.54 bits per heavy atom. The predicted molar refractivity (Wildman–Crippen MR) is 97.3 cm³/mol. The monoisotopic (exact) mass is 380 g/mol. The fourth-order valence-corrected chi connectivity index (χ4v) is 2.95. The standard InChI is InChI=1S/C19H16N4O5/c1-19(14-8-6-13(12-20)7-9-14)17(24)22(18(25)21-19)10-11-28-16-5-3-2-4-15(16)23(26)27/h2-9H,10-11H2,1H3,(H,21,25)/t19-/m0/s1. The van der Waals surface area contributed by atoms with Gasteiger partial charge in [-0.2, -0.15) is 5.26 Å². The Bertz CT molecular complexity index is 983. The van der Waals surface area contributed by atoms with Gasteiger partial charge >= 0.3 is 11.7 Å². The fraction of sp³-hybridized carbons (Fsp3) is 0.211. The van der Waals surface area contributed by atoms with Gasteiger partial charge in [-0.15, -0.1) is 0 Å². The number of carbonyl (C=O) groups is 2. The number of rotatable bonds is 6. The van der Waals surface area contributed by atoms with Gasteiger partial charge in [-0.25, -0.2) is 4.79 Å². The summed E-state index contributed by atoms with van der Waals surface area (Å²) in [6.45, 7) is 1.42. The third-order valence-electron chi connectivity index (χ3n) is 4.50. The summed E-state index contributed by atoms with van der Waals surface area (Å²) in [5.74, 6) is -0.400. The molecule has 0 aromatic heterocycles. The lowest BCUT2D eigenvalue weighted by molar-refractivity contribution is -0.385. The molecule has 3 amide bonds. The molecular weight excluding hydrogens is 364 g/mol. The number of benzene rings is 2. The molecule has 2 aromatic carbocycles. The second-order valence-electron chi connectivity index (χ2n) is 6.27. The molecule has 0 radical (unpaired) electrons. The van der Waals surface area contributed by atoms with E-state index in [1.54, 1.807) is 37.3 Å². The minimum Gasteiger partial charge on any atom is -0.485 e. The predicted octanol–water partition coefficient (Wildman–Crippen LogP) is 2.31. The van der Waals surface area contributed by atoms with E-state index in [9.17, 15) is 19.7 Å². The van der Waals surface area contributed by atoms with Crippen molar-refractivity contribution in [3.8, 4) is 11.8 Å². The average molecular weight is 380 g/mol. The smallest absolute Gasteiger partial charge is 0.325 e. The SMILES string of the molecule is C[C@@]1(c2ccc(C#N)cc2)NC(=O)N(CCOc2ccccc2[N+](=O)[O-])C1=O. The Morgan fingerprint density at radius 2 is 1.89 bits per heavy atom. The molecule has 0 aliphatic carbocycles. The van der Waals surface area contributed by atoms with Crippen LogP contribution < -0.4 is 10.1 Å². The minimum atomic E-state index is -1.26. The molecule has 0 bridgehead atoms. The van der Waals surface area contributed by atoms with Gasteiger partial charge in [0.25, 0.3) is 5.91 Å². The zero-order valence-corrected chi connectivity index (χ0v) is 14.9. The lowest BCUT2D eigenvalue weighted by Gasteiger charge is -2.22. The Labute approximate surface area is 160 Å².